The second-order valence-electron chi connectivity index (χ2n) is 4.90. The van der Waals surface area contributed by atoms with Gasteiger partial charge in [0.2, 0.25) is 0 Å². The summed E-state index contributed by atoms with van der Waals surface area (Å²) in [7, 11) is -1.40. The van der Waals surface area contributed by atoms with Gasteiger partial charge in [0.1, 0.15) is 0 Å². The predicted molar refractivity (Wildman–Crippen MR) is 62.0 cm³/mol. The highest BCUT2D eigenvalue weighted by Gasteiger charge is 2.30. The smallest absolute Gasteiger partial charge is 0.166 e. The van der Waals surface area contributed by atoms with Crippen molar-refractivity contribution >= 4 is 16.9 Å². The van der Waals surface area contributed by atoms with Gasteiger partial charge in [0.05, 0.1) is 8.31 Å². The van der Waals surface area contributed by atoms with Crippen LogP contribution >= 0.6 is 0 Å². The molecule has 0 saturated carbocycles. The average Bonchev–Trinajstić information content (AvgIpc) is 1.84. The van der Waals surface area contributed by atoms with E-state index < -0.39 is 16.9 Å². The third-order valence-corrected chi connectivity index (χ3v) is 12.7. The molecule has 0 aromatic carbocycles. The molecule has 0 rings (SSSR count). The van der Waals surface area contributed by atoms with Crippen LogP contribution in [0.4, 0.5) is 0 Å². The zero-order valence-corrected chi connectivity index (χ0v) is 11.8. The maximum atomic E-state index is 6.02. The SMILES string of the molecule is CCCO[SiH]([SiH](C)C)C(C)(C)C. The van der Waals surface area contributed by atoms with Gasteiger partial charge >= 0.3 is 0 Å². The molecule has 0 aromatic rings. The van der Waals surface area contributed by atoms with Crippen LogP contribution in [-0.4, -0.2) is 23.5 Å². The molecule has 0 saturated heterocycles. The first-order valence-electron chi connectivity index (χ1n) is 5.01. The van der Waals surface area contributed by atoms with Crippen molar-refractivity contribution in [3.63, 3.8) is 0 Å². The average molecular weight is 204 g/mol. The molecule has 1 unspecified atom stereocenters. The summed E-state index contributed by atoms with van der Waals surface area (Å²) in [6.07, 6.45) is 1.17. The van der Waals surface area contributed by atoms with Crippen LogP contribution in [0.5, 0.6) is 0 Å². The summed E-state index contributed by atoms with van der Waals surface area (Å²) >= 11 is 0. The van der Waals surface area contributed by atoms with Crippen LogP contribution in [0, 0.1) is 0 Å². The number of rotatable bonds is 4. The molecule has 0 radical (unpaired) electrons. The molecule has 0 aromatic heterocycles. The van der Waals surface area contributed by atoms with Gasteiger partial charge in [-0.05, 0) is 11.5 Å². The van der Waals surface area contributed by atoms with Crippen molar-refractivity contribution < 1.29 is 4.43 Å². The first-order chi connectivity index (χ1) is 5.39. The van der Waals surface area contributed by atoms with Crippen molar-refractivity contribution in [3.05, 3.63) is 0 Å². The highest BCUT2D eigenvalue weighted by molar-refractivity contribution is 7.19. The van der Waals surface area contributed by atoms with Crippen molar-refractivity contribution in [3.8, 4) is 0 Å². The van der Waals surface area contributed by atoms with E-state index in [0.717, 1.165) is 6.61 Å². The number of hydrogen-bond acceptors (Lipinski definition) is 1. The van der Waals surface area contributed by atoms with Crippen LogP contribution in [-0.2, 0) is 4.43 Å². The molecular formula is C9H24OSi2. The molecule has 0 heterocycles. The lowest BCUT2D eigenvalue weighted by atomic mass is 10.3. The number of hydrogen-bond donors (Lipinski definition) is 0. The van der Waals surface area contributed by atoms with Gasteiger partial charge in [0, 0.05) is 6.61 Å². The summed E-state index contributed by atoms with van der Waals surface area (Å²) in [5.74, 6) is 0. The minimum Gasteiger partial charge on any atom is -0.423 e. The zero-order chi connectivity index (χ0) is 9.78. The Labute approximate surface area is 80.6 Å². The van der Waals surface area contributed by atoms with Gasteiger partial charge in [-0.25, -0.2) is 0 Å². The molecule has 0 aliphatic carbocycles. The highest BCUT2D eigenvalue weighted by Crippen LogP contribution is 2.28. The lowest BCUT2D eigenvalue weighted by Gasteiger charge is -2.31. The van der Waals surface area contributed by atoms with E-state index in [1.807, 2.05) is 0 Å². The van der Waals surface area contributed by atoms with Crippen molar-refractivity contribution in [2.75, 3.05) is 6.61 Å². The van der Waals surface area contributed by atoms with Crippen LogP contribution in [0.2, 0.25) is 18.1 Å². The Bertz CT molecular complexity index is 118. The Kier molecular flexibility index (Phi) is 5.36. The molecule has 12 heavy (non-hydrogen) atoms. The largest absolute Gasteiger partial charge is 0.423 e. The van der Waals surface area contributed by atoms with Crippen molar-refractivity contribution in [1.29, 1.82) is 0 Å². The molecule has 0 spiro atoms. The van der Waals surface area contributed by atoms with Gasteiger partial charge in [0.15, 0.2) is 8.56 Å². The maximum Gasteiger partial charge on any atom is 0.166 e. The quantitative estimate of drug-likeness (QED) is 0.640. The van der Waals surface area contributed by atoms with Gasteiger partial charge in [-0.15, -0.1) is 0 Å². The molecule has 74 valence electrons. The van der Waals surface area contributed by atoms with E-state index >= 15 is 0 Å². The summed E-state index contributed by atoms with van der Waals surface area (Å²) in [6, 6.07) is 0. The Morgan fingerprint density at radius 1 is 1.17 bits per heavy atom. The van der Waals surface area contributed by atoms with E-state index in [1.165, 1.54) is 6.42 Å². The summed E-state index contributed by atoms with van der Waals surface area (Å²) in [5.41, 5.74) is 0. The molecule has 0 N–H and O–H groups in total. The first kappa shape index (κ1) is 12.4. The third kappa shape index (κ3) is 4.43. The van der Waals surface area contributed by atoms with E-state index in [1.54, 1.807) is 0 Å². The fourth-order valence-electron chi connectivity index (χ4n) is 1.69. The van der Waals surface area contributed by atoms with Gasteiger partial charge < -0.3 is 4.43 Å². The van der Waals surface area contributed by atoms with Crippen LogP contribution in [0.25, 0.3) is 0 Å². The summed E-state index contributed by atoms with van der Waals surface area (Å²) in [6.45, 7) is 15.1. The van der Waals surface area contributed by atoms with E-state index in [2.05, 4.69) is 40.8 Å². The van der Waals surface area contributed by atoms with Crippen molar-refractivity contribution in [1.82, 2.24) is 0 Å². The van der Waals surface area contributed by atoms with Gasteiger partial charge in [-0.3, -0.25) is 0 Å². The molecule has 1 atom stereocenters. The van der Waals surface area contributed by atoms with Crippen LogP contribution in [0.1, 0.15) is 34.1 Å². The van der Waals surface area contributed by atoms with E-state index in [-0.39, 0.29) is 0 Å². The Balaban J connectivity index is 4.05. The Hall–Kier alpha value is 0.394. The van der Waals surface area contributed by atoms with Gasteiger partial charge in [0.25, 0.3) is 0 Å². The molecule has 0 aliphatic heterocycles. The second kappa shape index (κ2) is 5.19. The van der Waals surface area contributed by atoms with Crippen LogP contribution < -0.4 is 0 Å². The predicted octanol–water partition coefficient (Wildman–Crippen LogP) is 2.50. The molecule has 0 bridgehead atoms. The maximum absolute atomic E-state index is 6.02. The highest BCUT2D eigenvalue weighted by atomic mass is 29.2. The summed E-state index contributed by atoms with van der Waals surface area (Å²) < 4.78 is 6.02. The van der Waals surface area contributed by atoms with Gasteiger partial charge in [-0.1, -0.05) is 40.8 Å². The van der Waals surface area contributed by atoms with Crippen molar-refractivity contribution in [2.45, 2.75) is 52.2 Å². The van der Waals surface area contributed by atoms with Crippen LogP contribution in [0.15, 0.2) is 0 Å². The minimum atomic E-state index is -0.874. The lowest BCUT2D eigenvalue weighted by molar-refractivity contribution is 0.313. The topological polar surface area (TPSA) is 9.23 Å². The normalized spacial score (nSPS) is 15.2. The fourth-order valence-corrected chi connectivity index (χ4v) is 12.6. The van der Waals surface area contributed by atoms with E-state index in [0.29, 0.717) is 5.04 Å². The van der Waals surface area contributed by atoms with Crippen molar-refractivity contribution in [2.24, 2.45) is 0 Å². The Morgan fingerprint density at radius 2 is 1.67 bits per heavy atom. The third-order valence-electron chi connectivity index (χ3n) is 1.96. The molecule has 0 aliphatic rings. The molecule has 0 fully saturated rings. The molecular weight excluding hydrogens is 180 g/mol. The monoisotopic (exact) mass is 204 g/mol. The molecule has 0 amide bonds. The fraction of sp³-hybridized carbons (Fsp3) is 1.00. The summed E-state index contributed by atoms with van der Waals surface area (Å²) in [5, 5.41) is 0.468. The second-order valence-corrected chi connectivity index (χ2v) is 16.1. The van der Waals surface area contributed by atoms with E-state index in [9.17, 15) is 0 Å². The lowest BCUT2D eigenvalue weighted by Crippen LogP contribution is -2.41. The first-order valence-corrected chi connectivity index (χ1v) is 11.0. The minimum absolute atomic E-state index is 0.468. The standard InChI is InChI=1S/C9H24OSi2/c1-7-8-10-12(11(5)6)9(2,3)4/h11-12H,7-8H2,1-6H3. The zero-order valence-electron chi connectivity index (χ0n) is 9.48. The van der Waals surface area contributed by atoms with E-state index in [4.69, 9.17) is 4.43 Å². The molecule has 1 nitrogen and oxygen atoms in total. The summed E-state index contributed by atoms with van der Waals surface area (Å²) in [4.78, 5) is 0. The Morgan fingerprint density at radius 3 is 1.92 bits per heavy atom. The van der Waals surface area contributed by atoms with Crippen LogP contribution in [0.3, 0.4) is 0 Å². The van der Waals surface area contributed by atoms with Gasteiger partial charge in [-0.2, -0.15) is 0 Å². The molecule has 3 heteroatoms.